The zero-order chi connectivity index (χ0) is 11.3. The van der Waals surface area contributed by atoms with Gasteiger partial charge in [0, 0.05) is 32.7 Å². The van der Waals surface area contributed by atoms with Crippen LogP contribution in [-0.4, -0.2) is 69.7 Å². The Morgan fingerprint density at radius 2 is 1.80 bits per heavy atom. The van der Waals surface area contributed by atoms with E-state index in [1.54, 1.807) is 11.4 Å². The van der Waals surface area contributed by atoms with Gasteiger partial charge in [0.1, 0.15) is 0 Å². The summed E-state index contributed by atoms with van der Waals surface area (Å²) in [6.45, 7) is 6.62. The van der Waals surface area contributed by atoms with Crippen LogP contribution in [0.3, 0.4) is 0 Å². The van der Waals surface area contributed by atoms with E-state index in [2.05, 4.69) is 17.1 Å². The van der Waals surface area contributed by atoms with Crippen molar-refractivity contribution in [2.45, 2.75) is 6.92 Å². The van der Waals surface area contributed by atoms with Gasteiger partial charge >= 0.3 is 0 Å². The molecule has 15 heavy (non-hydrogen) atoms. The van der Waals surface area contributed by atoms with Crippen molar-refractivity contribution in [1.82, 2.24) is 14.5 Å². The third-order valence-electron chi connectivity index (χ3n) is 2.78. The van der Waals surface area contributed by atoms with Crippen LogP contribution in [0, 0.1) is 0 Å². The number of rotatable bonds is 5. The number of piperazine rings is 1. The van der Waals surface area contributed by atoms with Crippen LogP contribution in [0.25, 0.3) is 0 Å². The van der Waals surface area contributed by atoms with E-state index >= 15 is 0 Å². The van der Waals surface area contributed by atoms with Crippen molar-refractivity contribution in [2.24, 2.45) is 0 Å². The average molecular weight is 235 g/mol. The molecule has 6 heteroatoms. The fourth-order valence-electron chi connectivity index (χ4n) is 1.68. The van der Waals surface area contributed by atoms with Gasteiger partial charge < -0.3 is 10.2 Å². The molecule has 1 aliphatic heterocycles. The van der Waals surface area contributed by atoms with E-state index in [0.717, 1.165) is 19.6 Å². The maximum atomic E-state index is 11.8. The molecule has 1 fully saturated rings. The smallest absolute Gasteiger partial charge is 0.215 e. The molecule has 0 atom stereocenters. The summed E-state index contributed by atoms with van der Waals surface area (Å²) in [7, 11) is -1.26. The van der Waals surface area contributed by atoms with Crippen LogP contribution in [0.1, 0.15) is 6.92 Å². The number of nitrogens with one attached hydrogen (secondary N) is 1. The van der Waals surface area contributed by atoms with Crippen LogP contribution in [-0.2, 0) is 10.0 Å². The fourth-order valence-corrected chi connectivity index (χ4v) is 3.12. The lowest BCUT2D eigenvalue weighted by molar-refractivity contribution is 0.196. The lowest BCUT2D eigenvalue weighted by Crippen LogP contribution is -2.49. The molecule has 0 saturated carbocycles. The van der Waals surface area contributed by atoms with Gasteiger partial charge in [-0.2, -0.15) is 4.31 Å². The lowest BCUT2D eigenvalue weighted by Gasteiger charge is -2.33. The second kappa shape index (κ2) is 5.79. The first kappa shape index (κ1) is 12.9. The molecule has 5 nitrogen and oxygen atoms in total. The number of nitrogens with zero attached hydrogens (tertiary/aromatic N) is 2. The number of hydrogen-bond donors (Lipinski definition) is 1. The lowest BCUT2D eigenvalue weighted by atomic mass is 10.4. The van der Waals surface area contributed by atoms with Crippen LogP contribution >= 0.6 is 0 Å². The van der Waals surface area contributed by atoms with Crippen molar-refractivity contribution < 1.29 is 8.42 Å². The van der Waals surface area contributed by atoms with Gasteiger partial charge in [0.2, 0.25) is 10.0 Å². The highest BCUT2D eigenvalue weighted by Gasteiger charge is 2.25. The fraction of sp³-hybridized carbons (Fsp3) is 1.00. The molecule has 0 aromatic rings. The summed E-state index contributed by atoms with van der Waals surface area (Å²) in [6, 6.07) is 0. The van der Waals surface area contributed by atoms with Gasteiger partial charge in [-0.3, -0.25) is 0 Å². The standard InChI is InChI=1S/C9H21N3O2S/c1-3-11-5-7-12(8-6-11)15(13,14)9-4-10-2/h10H,3-9H2,1-2H3. The molecular formula is C9H21N3O2S. The van der Waals surface area contributed by atoms with Gasteiger partial charge in [-0.05, 0) is 13.6 Å². The van der Waals surface area contributed by atoms with Gasteiger partial charge in [-0.15, -0.1) is 0 Å². The van der Waals surface area contributed by atoms with E-state index in [4.69, 9.17) is 0 Å². The molecule has 0 bridgehead atoms. The highest BCUT2D eigenvalue weighted by molar-refractivity contribution is 7.89. The number of likely N-dealkylation sites (N-methyl/N-ethyl adjacent to an activating group) is 1. The second-order valence-electron chi connectivity index (χ2n) is 3.75. The minimum absolute atomic E-state index is 0.204. The Kier molecular flexibility index (Phi) is 4.98. The van der Waals surface area contributed by atoms with Crippen molar-refractivity contribution in [1.29, 1.82) is 0 Å². The predicted octanol–water partition coefficient (Wildman–Crippen LogP) is -0.827. The molecule has 1 saturated heterocycles. The summed E-state index contributed by atoms with van der Waals surface area (Å²) in [5.74, 6) is 0.204. The minimum Gasteiger partial charge on any atom is -0.319 e. The summed E-state index contributed by atoms with van der Waals surface area (Å²) in [5, 5.41) is 2.87. The molecule has 1 aliphatic rings. The largest absolute Gasteiger partial charge is 0.319 e. The van der Waals surface area contributed by atoms with Crippen molar-refractivity contribution in [2.75, 3.05) is 52.1 Å². The summed E-state index contributed by atoms with van der Waals surface area (Å²) >= 11 is 0. The molecule has 0 spiro atoms. The summed E-state index contributed by atoms with van der Waals surface area (Å²) < 4.78 is 25.2. The van der Waals surface area contributed by atoms with Crippen molar-refractivity contribution in [3.8, 4) is 0 Å². The van der Waals surface area contributed by atoms with Crippen LogP contribution in [0.15, 0.2) is 0 Å². The highest BCUT2D eigenvalue weighted by atomic mass is 32.2. The Balaban J connectivity index is 2.45. The van der Waals surface area contributed by atoms with Crippen LogP contribution < -0.4 is 5.32 Å². The molecule has 90 valence electrons. The zero-order valence-corrected chi connectivity index (χ0v) is 10.4. The molecule has 0 amide bonds. The Bertz CT molecular complexity index is 271. The topological polar surface area (TPSA) is 52.7 Å². The van der Waals surface area contributed by atoms with Crippen molar-refractivity contribution in [3.05, 3.63) is 0 Å². The molecule has 0 aromatic heterocycles. The van der Waals surface area contributed by atoms with E-state index < -0.39 is 10.0 Å². The third-order valence-corrected chi connectivity index (χ3v) is 4.65. The maximum Gasteiger partial charge on any atom is 0.215 e. The molecule has 0 aliphatic carbocycles. The number of hydrogen-bond acceptors (Lipinski definition) is 4. The quantitative estimate of drug-likeness (QED) is 0.676. The molecule has 1 rings (SSSR count). The van der Waals surface area contributed by atoms with Crippen LogP contribution in [0.5, 0.6) is 0 Å². The molecule has 0 radical (unpaired) electrons. The second-order valence-corrected chi connectivity index (χ2v) is 5.84. The molecular weight excluding hydrogens is 214 g/mol. The van der Waals surface area contributed by atoms with Crippen LogP contribution in [0.2, 0.25) is 0 Å². The molecule has 1 heterocycles. The monoisotopic (exact) mass is 235 g/mol. The molecule has 0 unspecified atom stereocenters. The van der Waals surface area contributed by atoms with E-state index in [-0.39, 0.29) is 5.75 Å². The van der Waals surface area contributed by atoms with Crippen LogP contribution in [0.4, 0.5) is 0 Å². The molecule has 0 aromatic carbocycles. The zero-order valence-electron chi connectivity index (χ0n) is 9.57. The highest BCUT2D eigenvalue weighted by Crippen LogP contribution is 2.07. The SMILES string of the molecule is CCN1CCN(S(=O)(=O)CCNC)CC1. The van der Waals surface area contributed by atoms with E-state index in [1.807, 2.05) is 0 Å². The normalized spacial score (nSPS) is 20.7. The summed E-state index contributed by atoms with van der Waals surface area (Å²) in [6.07, 6.45) is 0. The first-order valence-electron chi connectivity index (χ1n) is 5.45. The van der Waals surface area contributed by atoms with E-state index in [1.165, 1.54) is 0 Å². The van der Waals surface area contributed by atoms with Gasteiger partial charge in [0.05, 0.1) is 5.75 Å². The van der Waals surface area contributed by atoms with Gasteiger partial charge in [-0.25, -0.2) is 8.42 Å². The summed E-state index contributed by atoms with van der Waals surface area (Å²) in [4.78, 5) is 2.27. The Morgan fingerprint density at radius 3 is 2.27 bits per heavy atom. The van der Waals surface area contributed by atoms with Gasteiger partial charge in [0.15, 0.2) is 0 Å². The minimum atomic E-state index is -3.03. The van der Waals surface area contributed by atoms with E-state index in [9.17, 15) is 8.42 Å². The molecule has 1 N–H and O–H groups in total. The van der Waals surface area contributed by atoms with Gasteiger partial charge in [-0.1, -0.05) is 6.92 Å². The maximum absolute atomic E-state index is 11.8. The third kappa shape index (κ3) is 3.71. The van der Waals surface area contributed by atoms with E-state index in [0.29, 0.717) is 19.6 Å². The summed E-state index contributed by atoms with van der Waals surface area (Å²) in [5.41, 5.74) is 0. The first-order chi connectivity index (χ1) is 7.10. The number of sulfonamides is 1. The van der Waals surface area contributed by atoms with Crippen molar-refractivity contribution in [3.63, 3.8) is 0 Å². The first-order valence-corrected chi connectivity index (χ1v) is 7.06. The van der Waals surface area contributed by atoms with Crippen molar-refractivity contribution >= 4 is 10.0 Å². The van der Waals surface area contributed by atoms with Gasteiger partial charge in [0.25, 0.3) is 0 Å². The average Bonchev–Trinajstić information content (AvgIpc) is 2.26. The Labute approximate surface area is 92.5 Å². The Hall–Kier alpha value is -0.170. The Morgan fingerprint density at radius 1 is 1.20 bits per heavy atom. The predicted molar refractivity (Wildman–Crippen MR) is 61.4 cm³/mol.